The average Bonchev–Trinajstić information content (AvgIpc) is 2.76. The average molecular weight is 284 g/mol. The molecule has 0 aliphatic heterocycles. The van der Waals surface area contributed by atoms with Gasteiger partial charge in [0.25, 0.3) is 0 Å². The first-order valence-electron chi connectivity index (χ1n) is 5.63. The molecule has 0 amide bonds. The fraction of sp³-hybridized carbons (Fsp3) is 0.364. The standard InChI is InChI=1S/C11H14ClN5S/c1-2-5-17-11(14-15-16-17)7-18-10-4-3-8(13)6-9(10)12/h3-4,6H,2,5,7,13H2,1H3. The Kier molecular flexibility index (Phi) is 4.43. The van der Waals surface area contributed by atoms with Crippen LogP contribution in [0.3, 0.4) is 0 Å². The predicted molar refractivity (Wildman–Crippen MR) is 73.5 cm³/mol. The fourth-order valence-electron chi connectivity index (χ4n) is 1.49. The van der Waals surface area contributed by atoms with Crippen LogP contribution in [0.2, 0.25) is 5.02 Å². The summed E-state index contributed by atoms with van der Waals surface area (Å²) in [4.78, 5) is 0.983. The van der Waals surface area contributed by atoms with Crippen LogP contribution < -0.4 is 5.73 Å². The molecule has 2 rings (SSSR count). The number of nitrogens with two attached hydrogens (primary N) is 1. The molecule has 2 aromatic rings. The fourth-order valence-corrected chi connectivity index (χ4v) is 2.69. The van der Waals surface area contributed by atoms with Crippen molar-refractivity contribution in [1.82, 2.24) is 20.2 Å². The van der Waals surface area contributed by atoms with E-state index in [0.717, 1.165) is 23.7 Å². The summed E-state index contributed by atoms with van der Waals surface area (Å²) in [5, 5.41) is 12.3. The maximum Gasteiger partial charge on any atom is 0.161 e. The van der Waals surface area contributed by atoms with Gasteiger partial charge in [-0.2, -0.15) is 0 Å². The minimum atomic E-state index is 0.662. The van der Waals surface area contributed by atoms with Gasteiger partial charge in [-0.1, -0.05) is 18.5 Å². The smallest absolute Gasteiger partial charge is 0.161 e. The highest BCUT2D eigenvalue weighted by Crippen LogP contribution is 2.30. The van der Waals surface area contributed by atoms with Gasteiger partial charge in [-0.15, -0.1) is 16.9 Å². The van der Waals surface area contributed by atoms with Gasteiger partial charge in [0.05, 0.1) is 10.8 Å². The van der Waals surface area contributed by atoms with Gasteiger partial charge < -0.3 is 5.73 Å². The van der Waals surface area contributed by atoms with Gasteiger partial charge in [-0.05, 0) is 35.0 Å². The molecule has 0 radical (unpaired) electrons. The van der Waals surface area contributed by atoms with Crippen molar-refractivity contribution in [3.63, 3.8) is 0 Å². The summed E-state index contributed by atoms with van der Waals surface area (Å²) >= 11 is 7.71. The molecule has 96 valence electrons. The van der Waals surface area contributed by atoms with Gasteiger partial charge in [0.2, 0.25) is 0 Å². The monoisotopic (exact) mass is 283 g/mol. The minimum absolute atomic E-state index is 0.662. The third-order valence-electron chi connectivity index (χ3n) is 2.35. The van der Waals surface area contributed by atoms with Crippen molar-refractivity contribution in [3.05, 3.63) is 29.0 Å². The molecule has 0 aliphatic carbocycles. The van der Waals surface area contributed by atoms with E-state index in [2.05, 4.69) is 22.4 Å². The number of hydrogen-bond donors (Lipinski definition) is 1. The van der Waals surface area contributed by atoms with E-state index in [9.17, 15) is 0 Å². The Morgan fingerprint density at radius 1 is 1.44 bits per heavy atom. The number of benzene rings is 1. The molecular weight excluding hydrogens is 270 g/mol. The molecule has 7 heteroatoms. The van der Waals surface area contributed by atoms with Crippen LogP contribution in [0.1, 0.15) is 19.2 Å². The highest BCUT2D eigenvalue weighted by atomic mass is 35.5. The van der Waals surface area contributed by atoms with E-state index in [0.29, 0.717) is 16.5 Å². The summed E-state index contributed by atoms with van der Waals surface area (Å²) in [6.07, 6.45) is 1.01. The van der Waals surface area contributed by atoms with Crippen LogP contribution in [0.25, 0.3) is 0 Å². The van der Waals surface area contributed by atoms with Crippen molar-refractivity contribution in [2.45, 2.75) is 30.5 Å². The lowest BCUT2D eigenvalue weighted by molar-refractivity contribution is 0.564. The summed E-state index contributed by atoms with van der Waals surface area (Å²) in [6.45, 7) is 2.92. The topological polar surface area (TPSA) is 69.6 Å². The second-order valence-corrected chi connectivity index (χ2v) is 5.22. The van der Waals surface area contributed by atoms with Crippen LogP contribution in [0.4, 0.5) is 5.69 Å². The van der Waals surface area contributed by atoms with Gasteiger partial charge in [0.1, 0.15) is 0 Å². The molecule has 0 aliphatic rings. The maximum absolute atomic E-state index is 6.11. The van der Waals surface area contributed by atoms with Crippen LogP contribution in [-0.2, 0) is 12.3 Å². The van der Waals surface area contributed by atoms with E-state index >= 15 is 0 Å². The van der Waals surface area contributed by atoms with E-state index in [4.69, 9.17) is 17.3 Å². The van der Waals surface area contributed by atoms with Crippen LogP contribution in [0.15, 0.2) is 23.1 Å². The molecule has 0 saturated heterocycles. The molecule has 5 nitrogen and oxygen atoms in total. The molecule has 1 heterocycles. The Labute approximate surface area is 115 Å². The molecule has 0 bridgehead atoms. The van der Waals surface area contributed by atoms with Crippen LogP contribution in [0, 0.1) is 0 Å². The maximum atomic E-state index is 6.11. The van der Waals surface area contributed by atoms with Gasteiger partial charge >= 0.3 is 0 Å². The number of tetrazole rings is 1. The molecule has 0 fully saturated rings. The van der Waals surface area contributed by atoms with E-state index in [1.165, 1.54) is 0 Å². The molecule has 0 atom stereocenters. The van der Waals surface area contributed by atoms with Gasteiger partial charge in [0.15, 0.2) is 5.82 Å². The zero-order chi connectivity index (χ0) is 13.0. The first-order chi connectivity index (χ1) is 8.70. The minimum Gasteiger partial charge on any atom is -0.399 e. The Hall–Kier alpha value is -1.27. The summed E-state index contributed by atoms with van der Waals surface area (Å²) in [5.74, 6) is 1.55. The molecular formula is C11H14ClN5S. The van der Waals surface area contributed by atoms with E-state index in [-0.39, 0.29) is 0 Å². The number of thioether (sulfide) groups is 1. The van der Waals surface area contributed by atoms with Gasteiger partial charge in [-0.3, -0.25) is 0 Å². The zero-order valence-electron chi connectivity index (χ0n) is 10.0. The number of rotatable bonds is 5. The molecule has 0 spiro atoms. The van der Waals surface area contributed by atoms with E-state index < -0.39 is 0 Å². The lowest BCUT2D eigenvalue weighted by atomic mass is 10.3. The zero-order valence-corrected chi connectivity index (χ0v) is 11.6. The molecule has 0 unspecified atom stereocenters. The Balaban J connectivity index is 2.04. The second-order valence-electron chi connectivity index (χ2n) is 3.80. The number of aromatic nitrogens is 4. The van der Waals surface area contributed by atoms with Crippen molar-refractivity contribution < 1.29 is 0 Å². The van der Waals surface area contributed by atoms with Crippen molar-refractivity contribution in [1.29, 1.82) is 0 Å². The highest BCUT2D eigenvalue weighted by Gasteiger charge is 2.08. The van der Waals surface area contributed by atoms with Crippen molar-refractivity contribution in [2.75, 3.05) is 5.73 Å². The SMILES string of the molecule is CCCn1nnnc1CSc1ccc(N)cc1Cl. The number of nitrogens with zero attached hydrogens (tertiary/aromatic N) is 4. The highest BCUT2D eigenvalue weighted by molar-refractivity contribution is 7.98. The molecule has 0 saturated carbocycles. The summed E-state index contributed by atoms with van der Waals surface area (Å²) in [5.41, 5.74) is 6.32. The molecule has 1 aromatic heterocycles. The number of nitrogen functional groups attached to an aromatic ring is 1. The molecule has 1 aromatic carbocycles. The van der Waals surface area contributed by atoms with Crippen LogP contribution >= 0.6 is 23.4 Å². The van der Waals surface area contributed by atoms with Crippen molar-refractivity contribution in [2.24, 2.45) is 0 Å². The first kappa shape index (κ1) is 13.2. The lowest BCUT2D eigenvalue weighted by Gasteiger charge is -2.05. The van der Waals surface area contributed by atoms with E-state index in [1.807, 2.05) is 16.8 Å². The predicted octanol–water partition coefficient (Wildman–Crippen LogP) is 2.61. The van der Waals surface area contributed by atoms with Gasteiger partial charge in [0, 0.05) is 17.1 Å². The summed E-state index contributed by atoms with van der Waals surface area (Å²) in [6, 6.07) is 5.50. The number of aryl methyl sites for hydroxylation is 1. The molecule has 2 N–H and O–H groups in total. The first-order valence-corrected chi connectivity index (χ1v) is 7.00. The van der Waals surface area contributed by atoms with E-state index in [1.54, 1.807) is 17.8 Å². The number of halogens is 1. The summed E-state index contributed by atoms with van der Waals surface area (Å²) < 4.78 is 1.82. The second kappa shape index (κ2) is 6.06. The summed E-state index contributed by atoms with van der Waals surface area (Å²) in [7, 11) is 0. The Morgan fingerprint density at radius 2 is 2.28 bits per heavy atom. The van der Waals surface area contributed by atoms with Gasteiger partial charge in [-0.25, -0.2) is 4.68 Å². The Morgan fingerprint density at radius 3 is 3.00 bits per heavy atom. The van der Waals surface area contributed by atoms with Crippen molar-refractivity contribution >= 4 is 29.1 Å². The number of hydrogen-bond acceptors (Lipinski definition) is 5. The number of anilines is 1. The quantitative estimate of drug-likeness (QED) is 0.675. The normalized spacial score (nSPS) is 10.8. The molecule has 18 heavy (non-hydrogen) atoms. The van der Waals surface area contributed by atoms with Crippen LogP contribution in [0.5, 0.6) is 0 Å². The van der Waals surface area contributed by atoms with Crippen molar-refractivity contribution in [3.8, 4) is 0 Å². The largest absolute Gasteiger partial charge is 0.399 e. The third-order valence-corrected chi connectivity index (χ3v) is 3.85. The van der Waals surface area contributed by atoms with Crippen LogP contribution in [-0.4, -0.2) is 20.2 Å². The third kappa shape index (κ3) is 3.14. The Bertz CT molecular complexity index is 528. The lowest BCUT2D eigenvalue weighted by Crippen LogP contribution is -2.04.